The molecule has 1 heterocycles. The molecule has 0 spiro atoms. The highest BCUT2D eigenvalue weighted by molar-refractivity contribution is 7.89. The summed E-state index contributed by atoms with van der Waals surface area (Å²) in [7, 11) is -1.91. The Hall–Kier alpha value is -0.980. The molecule has 1 N–H and O–H groups in total. The zero-order chi connectivity index (χ0) is 15.3. The first-order chi connectivity index (χ1) is 9.30. The second-order valence-corrected chi connectivity index (χ2v) is 7.24. The summed E-state index contributed by atoms with van der Waals surface area (Å²) in [6.07, 6.45) is 1.61. The Morgan fingerprint density at radius 3 is 2.40 bits per heavy atom. The number of hydrogen-bond acceptors (Lipinski definition) is 4. The fourth-order valence-corrected chi connectivity index (χ4v) is 3.13. The van der Waals surface area contributed by atoms with Gasteiger partial charge in [-0.3, -0.25) is 0 Å². The van der Waals surface area contributed by atoms with E-state index in [0.29, 0.717) is 6.54 Å². The summed E-state index contributed by atoms with van der Waals surface area (Å²) in [5, 5.41) is 3.28. The van der Waals surface area contributed by atoms with Crippen molar-refractivity contribution in [2.24, 2.45) is 5.92 Å². The molecule has 1 aromatic heterocycles. The Balaban J connectivity index is 2.93. The molecule has 6 heteroatoms. The highest BCUT2D eigenvalue weighted by Crippen LogP contribution is 2.18. The Labute approximate surface area is 122 Å². The third-order valence-electron chi connectivity index (χ3n) is 3.56. The fraction of sp³-hybridized carbons (Fsp3) is 0.643. The van der Waals surface area contributed by atoms with Gasteiger partial charge in [0.2, 0.25) is 0 Å². The SMILES string of the molecule is CCNCc1ccc(S(=O)(=O)N(C)C(C)C(C)C)nc1. The van der Waals surface area contributed by atoms with Gasteiger partial charge in [-0.1, -0.05) is 26.8 Å². The van der Waals surface area contributed by atoms with Crippen LogP contribution < -0.4 is 5.32 Å². The van der Waals surface area contributed by atoms with Crippen molar-refractivity contribution in [1.82, 2.24) is 14.6 Å². The van der Waals surface area contributed by atoms with E-state index in [1.54, 1.807) is 25.4 Å². The largest absolute Gasteiger partial charge is 0.313 e. The number of nitrogens with one attached hydrogen (secondary N) is 1. The first-order valence-corrected chi connectivity index (χ1v) is 8.38. The van der Waals surface area contributed by atoms with E-state index >= 15 is 0 Å². The van der Waals surface area contributed by atoms with E-state index in [-0.39, 0.29) is 17.0 Å². The van der Waals surface area contributed by atoms with Crippen LogP contribution in [0.3, 0.4) is 0 Å². The van der Waals surface area contributed by atoms with Gasteiger partial charge in [0.05, 0.1) is 0 Å². The van der Waals surface area contributed by atoms with Gasteiger partial charge in [-0.25, -0.2) is 13.4 Å². The maximum Gasteiger partial charge on any atom is 0.260 e. The van der Waals surface area contributed by atoms with Crippen molar-refractivity contribution in [3.63, 3.8) is 0 Å². The normalized spacial score (nSPS) is 13.9. The standard InChI is InChI=1S/C14H25N3O2S/c1-6-15-9-13-7-8-14(16-10-13)20(18,19)17(5)12(4)11(2)3/h7-8,10-12,15H,6,9H2,1-5H3. The van der Waals surface area contributed by atoms with Gasteiger partial charge in [0.25, 0.3) is 10.0 Å². The summed E-state index contributed by atoms with van der Waals surface area (Å²) in [5.41, 5.74) is 0.977. The van der Waals surface area contributed by atoms with Crippen LogP contribution in [0.25, 0.3) is 0 Å². The molecule has 0 saturated carbocycles. The van der Waals surface area contributed by atoms with Crippen LogP contribution in [0.5, 0.6) is 0 Å². The van der Waals surface area contributed by atoms with E-state index in [0.717, 1.165) is 12.1 Å². The second-order valence-electron chi connectivity index (χ2n) is 5.29. The van der Waals surface area contributed by atoms with Gasteiger partial charge >= 0.3 is 0 Å². The van der Waals surface area contributed by atoms with E-state index < -0.39 is 10.0 Å². The third-order valence-corrected chi connectivity index (χ3v) is 5.42. The lowest BCUT2D eigenvalue weighted by Gasteiger charge is -2.26. The van der Waals surface area contributed by atoms with E-state index in [4.69, 9.17) is 0 Å². The fourth-order valence-electron chi connectivity index (χ4n) is 1.72. The Morgan fingerprint density at radius 1 is 1.30 bits per heavy atom. The van der Waals surface area contributed by atoms with Gasteiger partial charge in [-0.15, -0.1) is 0 Å². The van der Waals surface area contributed by atoms with Crippen molar-refractivity contribution in [3.8, 4) is 0 Å². The molecule has 1 aromatic rings. The van der Waals surface area contributed by atoms with Gasteiger partial charge in [0.1, 0.15) is 0 Å². The molecule has 1 unspecified atom stereocenters. The number of rotatable bonds is 7. The number of sulfonamides is 1. The maximum atomic E-state index is 12.5. The van der Waals surface area contributed by atoms with Crippen molar-refractivity contribution in [2.45, 2.75) is 45.3 Å². The summed E-state index contributed by atoms with van der Waals surface area (Å²) in [4.78, 5) is 4.10. The number of hydrogen-bond donors (Lipinski definition) is 1. The predicted octanol–water partition coefficient (Wildman–Crippen LogP) is 1.86. The molecule has 0 aliphatic carbocycles. The lowest BCUT2D eigenvalue weighted by molar-refractivity contribution is 0.315. The predicted molar refractivity (Wildman–Crippen MR) is 80.9 cm³/mol. The minimum Gasteiger partial charge on any atom is -0.313 e. The van der Waals surface area contributed by atoms with Crippen LogP contribution in [-0.4, -0.2) is 37.3 Å². The minimum atomic E-state index is -3.52. The lowest BCUT2D eigenvalue weighted by atomic mass is 10.1. The molecule has 0 saturated heterocycles. The van der Waals surface area contributed by atoms with E-state index in [1.165, 1.54) is 4.31 Å². The van der Waals surface area contributed by atoms with Crippen LogP contribution in [0.15, 0.2) is 23.4 Å². The highest BCUT2D eigenvalue weighted by atomic mass is 32.2. The van der Waals surface area contributed by atoms with Crippen molar-refractivity contribution < 1.29 is 8.42 Å². The molecule has 0 amide bonds. The molecule has 20 heavy (non-hydrogen) atoms. The average molecular weight is 299 g/mol. The van der Waals surface area contributed by atoms with E-state index in [1.807, 2.05) is 27.7 Å². The van der Waals surface area contributed by atoms with Crippen molar-refractivity contribution >= 4 is 10.0 Å². The first-order valence-electron chi connectivity index (χ1n) is 6.94. The average Bonchev–Trinajstić information content (AvgIpc) is 2.43. The highest BCUT2D eigenvalue weighted by Gasteiger charge is 2.27. The molecule has 0 bridgehead atoms. The van der Waals surface area contributed by atoms with Crippen molar-refractivity contribution in [1.29, 1.82) is 0 Å². The molecular weight excluding hydrogens is 274 g/mol. The second kappa shape index (κ2) is 7.15. The number of pyridine rings is 1. The Bertz CT molecular complexity index is 512. The Morgan fingerprint density at radius 2 is 1.95 bits per heavy atom. The van der Waals surface area contributed by atoms with Crippen LogP contribution in [0.4, 0.5) is 0 Å². The molecule has 0 aromatic carbocycles. The van der Waals surface area contributed by atoms with E-state index in [2.05, 4.69) is 10.3 Å². The van der Waals surface area contributed by atoms with Gasteiger partial charge in [0, 0.05) is 25.8 Å². The zero-order valence-electron chi connectivity index (χ0n) is 12.9. The molecule has 0 fully saturated rings. The topological polar surface area (TPSA) is 62.3 Å². The van der Waals surface area contributed by atoms with Gasteiger partial charge < -0.3 is 5.32 Å². The van der Waals surface area contributed by atoms with Crippen molar-refractivity contribution in [2.75, 3.05) is 13.6 Å². The zero-order valence-corrected chi connectivity index (χ0v) is 13.7. The van der Waals surface area contributed by atoms with E-state index in [9.17, 15) is 8.42 Å². The van der Waals surface area contributed by atoms with Gasteiger partial charge in [-0.2, -0.15) is 4.31 Å². The molecule has 0 aliphatic heterocycles. The van der Waals surface area contributed by atoms with Crippen molar-refractivity contribution in [3.05, 3.63) is 23.9 Å². The maximum absolute atomic E-state index is 12.5. The van der Waals surface area contributed by atoms with Crippen LogP contribution in [0, 0.1) is 5.92 Å². The first kappa shape index (κ1) is 17.1. The molecule has 114 valence electrons. The summed E-state index contributed by atoms with van der Waals surface area (Å²) in [6.45, 7) is 9.50. The summed E-state index contributed by atoms with van der Waals surface area (Å²) >= 11 is 0. The minimum absolute atomic E-state index is 0.0664. The molecule has 1 atom stereocenters. The third kappa shape index (κ3) is 4.01. The molecule has 1 rings (SSSR count). The number of aromatic nitrogens is 1. The molecule has 0 radical (unpaired) electrons. The van der Waals surface area contributed by atoms with Gasteiger partial charge in [0.15, 0.2) is 5.03 Å². The molecule has 0 aliphatic rings. The quantitative estimate of drug-likeness (QED) is 0.835. The summed E-state index contributed by atoms with van der Waals surface area (Å²) < 4.78 is 26.3. The van der Waals surface area contributed by atoms with Crippen LogP contribution in [0.1, 0.15) is 33.3 Å². The van der Waals surface area contributed by atoms with Gasteiger partial charge in [-0.05, 0) is 31.0 Å². The lowest BCUT2D eigenvalue weighted by Crippen LogP contribution is -2.38. The molecule has 5 nitrogen and oxygen atoms in total. The van der Waals surface area contributed by atoms with Crippen LogP contribution in [0.2, 0.25) is 0 Å². The number of nitrogens with zero attached hydrogens (tertiary/aromatic N) is 2. The Kier molecular flexibility index (Phi) is 6.10. The molecular formula is C14H25N3O2S. The summed E-state index contributed by atoms with van der Waals surface area (Å²) in [6, 6.07) is 3.31. The van der Waals surface area contributed by atoms with Crippen LogP contribution >= 0.6 is 0 Å². The van der Waals surface area contributed by atoms with Crippen LogP contribution in [-0.2, 0) is 16.6 Å². The summed E-state index contributed by atoms with van der Waals surface area (Å²) in [5.74, 6) is 0.253. The smallest absolute Gasteiger partial charge is 0.260 e. The monoisotopic (exact) mass is 299 g/mol.